The first-order chi connectivity index (χ1) is 16.5. The van der Waals surface area contributed by atoms with Crippen LogP contribution in [-0.4, -0.2) is 28.8 Å². The van der Waals surface area contributed by atoms with E-state index in [4.69, 9.17) is 16.3 Å². The maximum atomic E-state index is 14.0. The highest BCUT2D eigenvalue weighted by Gasteiger charge is 2.25. The Labute approximate surface area is 209 Å². The molecule has 184 valence electrons. The van der Waals surface area contributed by atoms with Gasteiger partial charge in [0.25, 0.3) is 0 Å². The summed E-state index contributed by atoms with van der Waals surface area (Å²) in [5.41, 5.74) is 3.04. The largest absolute Gasteiger partial charge is 0.487 e. The number of aliphatic hydroxyl groups is 1. The van der Waals surface area contributed by atoms with Gasteiger partial charge in [-0.15, -0.1) is 0 Å². The van der Waals surface area contributed by atoms with Crippen molar-refractivity contribution in [2.45, 2.75) is 39.9 Å². The number of ether oxygens (including phenoxy) is 1. The molecule has 0 aliphatic carbocycles. The van der Waals surface area contributed by atoms with E-state index in [9.17, 15) is 13.9 Å². The zero-order valence-corrected chi connectivity index (χ0v) is 20.9. The smallest absolute Gasteiger partial charge is 0.137 e. The molecule has 0 saturated heterocycles. The molecule has 2 aromatic rings. The third-order valence-corrected chi connectivity index (χ3v) is 6.37. The van der Waals surface area contributed by atoms with Crippen molar-refractivity contribution in [3.63, 3.8) is 0 Å². The van der Waals surface area contributed by atoms with Gasteiger partial charge in [0.2, 0.25) is 0 Å². The van der Waals surface area contributed by atoms with Crippen molar-refractivity contribution in [1.29, 1.82) is 0 Å². The molecule has 4 rings (SSSR count). The summed E-state index contributed by atoms with van der Waals surface area (Å²) >= 11 is 6.58. The summed E-state index contributed by atoms with van der Waals surface area (Å²) in [5.74, 6) is -0.0884. The number of halogens is 3. The lowest BCUT2D eigenvalue weighted by atomic mass is 9.96. The van der Waals surface area contributed by atoms with Crippen molar-refractivity contribution >= 4 is 23.1 Å². The molecule has 0 unspecified atom stereocenters. The molecule has 1 aromatic carbocycles. The monoisotopic (exact) mass is 499 g/mol. The number of hydrogen-bond donors (Lipinski definition) is 1. The number of anilines is 2. The number of allylic oxidation sites excluding steroid dienone is 4. The molecule has 1 N–H and O–H groups in total. The maximum absolute atomic E-state index is 14.0. The van der Waals surface area contributed by atoms with E-state index in [1.807, 2.05) is 55.4 Å². The third kappa shape index (κ3) is 5.57. The summed E-state index contributed by atoms with van der Waals surface area (Å²) in [4.78, 5) is 8.65. The van der Waals surface area contributed by atoms with Crippen LogP contribution in [-0.2, 0) is 11.3 Å². The molecule has 1 aromatic heterocycles. The summed E-state index contributed by atoms with van der Waals surface area (Å²) in [6.07, 6.45) is 9.38. The first kappa shape index (κ1) is 24.9. The van der Waals surface area contributed by atoms with Crippen molar-refractivity contribution in [2.24, 2.45) is 0 Å². The van der Waals surface area contributed by atoms with Gasteiger partial charge in [-0.3, -0.25) is 0 Å². The second-order valence-electron chi connectivity index (χ2n) is 9.21. The lowest BCUT2D eigenvalue weighted by Gasteiger charge is -2.33. The Bertz CT molecular complexity index is 1260. The Morgan fingerprint density at radius 3 is 2.66 bits per heavy atom. The summed E-state index contributed by atoms with van der Waals surface area (Å²) in [6, 6.07) is 5.39. The second kappa shape index (κ2) is 9.84. The van der Waals surface area contributed by atoms with E-state index in [1.54, 1.807) is 13.8 Å². The van der Waals surface area contributed by atoms with Crippen molar-refractivity contribution in [1.82, 2.24) is 4.98 Å². The van der Waals surface area contributed by atoms with E-state index in [0.29, 0.717) is 23.9 Å². The molecule has 35 heavy (non-hydrogen) atoms. The summed E-state index contributed by atoms with van der Waals surface area (Å²) in [7, 11) is 0. The predicted molar refractivity (Wildman–Crippen MR) is 135 cm³/mol. The number of aryl methyl sites for hydroxylation is 1. The molecule has 8 heteroatoms. The van der Waals surface area contributed by atoms with Gasteiger partial charge in [0.1, 0.15) is 29.8 Å². The fourth-order valence-electron chi connectivity index (χ4n) is 3.93. The molecule has 0 amide bonds. The maximum Gasteiger partial charge on any atom is 0.137 e. The van der Waals surface area contributed by atoms with E-state index in [-0.39, 0.29) is 12.2 Å². The molecule has 2 aliphatic heterocycles. The van der Waals surface area contributed by atoms with E-state index in [1.165, 1.54) is 12.1 Å². The summed E-state index contributed by atoms with van der Waals surface area (Å²) < 4.78 is 32.9. The van der Waals surface area contributed by atoms with Gasteiger partial charge >= 0.3 is 0 Å². The van der Waals surface area contributed by atoms with Gasteiger partial charge in [0, 0.05) is 54.1 Å². The van der Waals surface area contributed by atoms with Crippen LogP contribution in [0.1, 0.15) is 31.9 Å². The van der Waals surface area contributed by atoms with Gasteiger partial charge in [-0.2, -0.15) is 0 Å². The van der Waals surface area contributed by atoms with Crippen molar-refractivity contribution in [3.8, 4) is 0 Å². The average molecular weight is 500 g/mol. The molecule has 2 aliphatic rings. The lowest BCUT2D eigenvalue weighted by Crippen LogP contribution is -2.33. The van der Waals surface area contributed by atoms with Crippen LogP contribution >= 0.6 is 11.6 Å². The van der Waals surface area contributed by atoms with Crippen LogP contribution in [0.2, 0.25) is 0 Å². The number of hydrogen-bond acceptors (Lipinski definition) is 5. The normalized spacial score (nSPS) is 16.5. The zero-order chi connectivity index (χ0) is 25.3. The Balaban J connectivity index is 1.52. The van der Waals surface area contributed by atoms with Crippen LogP contribution in [0.25, 0.3) is 0 Å². The first-order valence-electron chi connectivity index (χ1n) is 11.3. The lowest BCUT2D eigenvalue weighted by molar-refractivity contribution is 0.118. The highest BCUT2D eigenvalue weighted by Crippen LogP contribution is 2.34. The van der Waals surface area contributed by atoms with Gasteiger partial charge in [0.05, 0.1) is 17.2 Å². The van der Waals surface area contributed by atoms with Crippen LogP contribution in [0.3, 0.4) is 0 Å². The van der Waals surface area contributed by atoms with Gasteiger partial charge in [0.15, 0.2) is 0 Å². The van der Waals surface area contributed by atoms with Crippen LogP contribution < -0.4 is 9.80 Å². The van der Waals surface area contributed by atoms with Gasteiger partial charge in [-0.1, -0.05) is 17.7 Å². The molecular formula is C27H28ClF2N3O2. The van der Waals surface area contributed by atoms with Crippen molar-refractivity contribution in [3.05, 3.63) is 99.7 Å². The minimum Gasteiger partial charge on any atom is -0.487 e. The first-order valence-corrected chi connectivity index (χ1v) is 11.7. The highest BCUT2D eigenvalue weighted by atomic mass is 35.5. The number of pyridine rings is 1. The standard InChI is InChI=1S/C27H28ClF2N3O2/c1-17-13-31-26(32-9-5-6-20(14-32)27(3,4)34)12-24(17)33-15-22(28)25(10-18(33)2)35-16-19-7-8-21(29)11-23(19)30/h5-13,34H,14-16H2,1-4H3. The van der Waals surface area contributed by atoms with E-state index in [2.05, 4.69) is 9.88 Å². The molecular weight excluding hydrogens is 472 g/mol. The van der Waals surface area contributed by atoms with Crippen molar-refractivity contribution < 1.29 is 18.6 Å². The number of benzene rings is 1. The van der Waals surface area contributed by atoms with E-state index >= 15 is 0 Å². The van der Waals surface area contributed by atoms with E-state index < -0.39 is 17.2 Å². The Kier molecular flexibility index (Phi) is 7.01. The molecule has 0 fully saturated rings. The summed E-state index contributed by atoms with van der Waals surface area (Å²) in [5, 5.41) is 10.9. The minimum absolute atomic E-state index is 0.0573. The molecule has 0 saturated carbocycles. The van der Waals surface area contributed by atoms with Crippen molar-refractivity contribution in [2.75, 3.05) is 22.9 Å². The number of nitrogens with zero attached hydrogens (tertiary/aromatic N) is 3. The average Bonchev–Trinajstić information content (AvgIpc) is 2.80. The predicted octanol–water partition coefficient (Wildman–Crippen LogP) is 6.09. The fraction of sp³-hybridized carbons (Fsp3) is 0.296. The molecule has 5 nitrogen and oxygen atoms in total. The highest BCUT2D eigenvalue weighted by molar-refractivity contribution is 6.30. The Morgan fingerprint density at radius 2 is 1.94 bits per heavy atom. The molecule has 0 atom stereocenters. The Morgan fingerprint density at radius 1 is 1.17 bits per heavy atom. The van der Waals surface area contributed by atoms with Crippen LogP contribution in [0.15, 0.2) is 77.0 Å². The minimum atomic E-state index is -0.922. The fourth-order valence-corrected chi connectivity index (χ4v) is 4.16. The second-order valence-corrected chi connectivity index (χ2v) is 9.67. The number of aromatic nitrogens is 1. The van der Waals surface area contributed by atoms with Gasteiger partial charge < -0.3 is 19.6 Å². The molecule has 0 spiro atoms. The topological polar surface area (TPSA) is 48.8 Å². The quantitative estimate of drug-likeness (QED) is 0.521. The zero-order valence-electron chi connectivity index (χ0n) is 20.1. The molecule has 0 bridgehead atoms. The Hall–Kier alpha value is -3.16. The van der Waals surface area contributed by atoms with E-state index in [0.717, 1.165) is 34.4 Å². The third-order valence-electron chi connectivity index (χ3n) is 6.06. The van der Waals surface area contributed by atoms with Gasteiger partial charge in [-0.05, 0) is 57.0 Å². The summed E-state index contributed by atoms with van der Waals surface area (Å²) in [6.45, 7) is 8.31. The van der Waals surface area contributed by atoms with Crippen LogP contribution in [0, 0.1) is 18.6 Å². The SMILES string of the molecule is CC1=CC(OCc2ccc(F)cc2F)=C(Cl)CN1c1cc(N2C=CC=C(C(C)(C)O)C2)ncc1C. The molecule has 3 heterocycles. The van der Waals surface area contributed by atoms with Crippen LogP contribution in [0.4, 0.5) is 20.3 Å². The molecule has 0 radical (unpaired) electrons. The number of rotatable bonds is 6. The van der Waals surface area contributed by atoms with Crippen LogP contribution in [0.5, 0.6) is 0 Å². The van der Waals surface area contributed by atoms with Gasteiger partial charge in [-0.25, -0.2) is 13.8 Å².